The van der Waals surface area contributed by atoms with Gasteiger partial charge in [-0.1, -0.05) is 22.1 Å². The van der Waals surface area contributed by atoms with Crippen molar-refractivity contribution >= 4 is 28.7 Å². The van der Waals surface area contributed by atoms with Gasteiger partial charge in [0.2, 0.25) is 0 Å². The van der Waals surface area contributed by atoms with Crippen LogP contribution in [0.1, 0.15) is 32.9 Å². The Morgan fingerprint density at radius 1 is 1.56 bits per heavy atom. The van der Waals surface area contributed by atoms with Gasteiger partial charge in [0.15, 0.2) is 5.15 Å². The highest BCUT2D eigenvalue weighted by atomic mass is 35.5. The standard InChI is InChI=1S/C11H15ClN4OS/c1-5-6-8(15-18(17)11(2,3)4)9-7-10(12)14-16-13-9/h5,7H,1,6H2,2-4H3/b15-8+. The Balaban J connectivity index is 3.10. The van der Waals surface area contributed by atoms with Gasteiger partial charge >= 0.3 is 0 Å². The highest BCUT2D eigenvalue weighted by Crippen LogP contribution is 2.19. The average Bonchev–Trinajstić information content (AvgIpc) is 2.27. The second-order valence-electron chi connectivity index (χ2n) is 4.53. The minimum absolute atomic E-state index is 0.221. The molecular formula is C11H15ClN4OS. The summed E-state index contributed by atoms with van der Waals surface area (Å²) in [5.41, 5.74) is 1.00. The van der Waals surface area contributed by atoms with E-state index in [-0.39, 0.29) is 5.15 Å². The van der Waals surface area contributed by atoms with Crippen molar-refractivity contribution in [2.24, 2.45) is 4.40 Å². The molecule has 1 rings (SSSR count). The third-order valence-corrected chi connectivity index (χ3v) is 3.52. The molecule has 7 heteroatoms. The molecule has 0 spiro atoms. The Kier molecular flexibility index (Phi) is 5.25. The lowest BCUT2D eigenvalue weighted by atomic mass is 10.2. The number of nitrogens with zero attached hydrogens (tertiary/aromatic N) is 4. The van der Waals surface area contributed by atoms with Crippen molar-refractivity contribution < 1.29 is 4.55 Å². The van der Waals surface area contributed by atoms with Gasteiger partial charge in [-0.15, -0.1) is 16.8 Å². The van der Waals surface area contributed by atoms with E-state index in [2.05, 4.69) is 26.4 Å². The third kappa shape index (κ3) is 4.36. The summed E-state index contributed by atoms with van der Waals surface area (Å²) in [5.74, 6) is 0. The second-order valence-corrected chi connectivity index (χ2v) is 6.83. The maximum Gasteiger partial charge on any atom is 0.155 e. The number of allylic oxidation sites excluding steroid dienone is 1. The van der Waals surface area contributed by atoms with Crippen molar-refractivity contribution in [2.45, 2.75) is 31.9 Å². The number of aromatic nitrogens is 3. The van der Waals surface area contributed by atoms with E-state index >= 15 is 0 Å². The minimum atomic E-state index is -1.37. The van der Waals surface area contributed by atoms with Crippen molar-refractivity contribution in [2.75, 3.05) is 0 Å². The lowest BCUT2D eigenvalue weighted by Crippen LogP contribution is -2.27. The van der Waals surface area contributed by atoms with Crippen LogP contribution >= 0.6 is 11.6 Å². The predicted molar refractivity (Wildman–Crippen MR) is 74.1 cm³/mol. The predicted octanol–water partition coefficient (Wildman–Crippen LogP) is 2.35. The van der Waals surface area contributed by atoms with Crippen molar-refractivity contribution in [1.82, 2.24) is 15.4 Å². The van der Waals surface area contributed by atoms with Crippen LogP contribution in [0, 0.1) is 0 Å². The first-order valence-corrected chi connectivity index (χ1v) is 6.80. The Morgan fingerprint density at radius 3 is 2.72 bits per heavy atom. The maximum absolute atomic E-state index is 12.0. The van der Waals surface area contributed by atoms with Crippen molar-refractivity contribution in [1.29, 1.82) is 0 Å². The summed E-state index contributed by atoms with van der Waals surface area (Å²) < 4.78 is 15.7. The molecule has 5 nitrogen and oxygen atoms in total. The zero-order valence-corrected chi connectivity index (χ0v) is 12.1. The number of rotatable bonds is 4. The van der Waals surface area contributed by atoms with Gasteiger partial charge in [0.25, 0.3) is 0 Å². The van der Waals surface area contributed by atoms with E-state index in [0.717, 1.165) is 0 Å². The average molecular weight is 287 g/mol. The van der Waals surface area contributed by atoms with Crippen molar-refractivity contribution in [3.05, 3.63) is 29.6 Å². The van der Waals surface area contributed by atoms with Gasteiger partial charge in [-0.2, -0.15) is 0 Å². The Hall–Kier alpha value is -0.980. The molecule has 0 saturated carbocycles. The van der Waals surface area contributed by atoms with E-state index in [4.69, 9.17) is 11.6 Å². The first-order chi connectivity index (χ1) is 8.34. The molecule has 0 saturated heterocycles. The highest BCUT2D eigenvalue weighted by molar-refractivity contribution is 7.91. The van der Waals surface area contributed by atoms with Crippen LogP contribution in [0.4, 0.5) is 0 Å². The monoisotopic (exact) mass is 286 g/mol. The van der Waals surface area contributed by atoms with Gasteiger partial charge in [-0.05, 0) is 26.0 Å². The topological polar surface area (TPSA) is 74.1 Å². The SMILES string of the molecule is C=CC/C(=N\[S+]([O-])C(C)(C)C)c1cc(Cl)nnn1. The molecular weight excluding hydrogens is 272 g/mol. The number of halogens is 1. The van der Waals surface area contributed by atoms with E-state index in [9.17, 15) is 4.55 Å². The van der Waals surface area contributed by atoms with E-state index in [1.807, 2.05) is 20.8 Å². The van der Waals surface area contributed by atoms with Crippen LogP contribution in [0.25, 0.3) is 0 Å². The van der Waals surface area contributed by atoms with Crippen LogP contribution in [0.5, 0.6) is 0 Å². The quantitative estimate of drug-likeness (QED) is 0.484. The molecule has 0 aromatic carbocycles. The third-order valence-electron chi connectivity index (χ3n) is 1.90. The fourth-order valence-corrected chi connectivity index (χ4v) is 1.77. The Morgan fingerprint density at radius 2 is 2.22 bits per heavy atom. The zero-order chi connectivity index (χ0) is 13.8. The van der Waals surface area contributed by atoms with E-state index in [1.54, 1.807) is 6.08 Å². The first kappa shape index (κ1) is 15.1. The van der Waals surface area contributed by atoms with Crippen LogP contribution in [-0.4, -0.2) is 30.4 Å². The van der Waals surface area contributed by atoms with E-state index in [0.29, 0.717) is 17.8 Å². The minimum Gasteiger partial charge on any atom is -0.591 e. The molecule has 1 aromatic rings. The van der Waals surface area contributed by atoms with Gasteiger partial charge in [-0.3, -0.25) is 0 Å². The maximum atomic E-state index is 12.0. The molecule has 98 valence electrons. The van der Waals surface area contributed by atoms with Gasteiger partial charge in [-0.25, -0.2) is 0 Å². The molecule has 0 aliphatic carbocycles. The van der Waals surface area contributed by atoms with Crippen LogP contribution in [-0.2, 0) is 11.4 Å². The van der Waals surface area contributed by atoms with E-state index in [1.165, 1.54) is 6.07 Å². The molecule has 0 aliphatic rings. The van der Waals surface area contributed by atoms with Gasteiger partial charge < -0.3 is 4.55 Å². The molecule has 0 bridgehead atoms. The van der Waals surface area contributed by atoms with E-state index < -0.39 is 16.1 Å². The van der Waals surface area contributed by atoms with Gasteiger partial charge in [0.05, 0.1) is 0 Å². The molecule has 0 fully saturated rings. The van der Waals surface area contributed by atoms with Gasteiger partial charge in [0, 0.05) is 12.5 Å². The van der Waals surface area contributed by atoms with Crippen LogP contribution in [0.2, 0.25) is 5.15 Å². The largest absolute Gasteiger partial charge is 0.591 e. The smallest absolute Gasteiger partial charge is 0.155 e. The van der Waals surface area contributed by atoms with Crippen LogP contribution in [0.3, 0.4) is 0 Å². The molecule has 1 atom stereocenters. The summed E-state index contributed by atoms with van der Waals surface area (Å²) in [6, 6.07) is 1.54. The summed E-state index contributed by atoms with van der Waals surface area (Å²) in [5, 5.41) is 11.1. The number of hydrogen-bond acceptors (Lipinski definition) is 5. The molecule has 18 heavy (non-hydrogen) atoms. The lowest BCUT2D eigenvalue weighted by Gasteiger charge is -2.19. The summed E-state index contributed by atoms with van der Waals surface area (Å²) in [7, 11) is 0. The fraction of sp³-hybridized carbons (Fsp3) is 0.455. The fourth-order valence-electron chi connectivity index (χ4n) is 0.987. The van der Waals surface area contributed by atoms with Crippen molar-refractivity contribution in [3.8, 4) is 0 Å². The number of hydrogen-bond donors (Lipinski definition) is 0. The van der Waals surface area contributed by atoms with Crippen molar-refractivity contribution in [3.63, 3.8) is 0 Å². The summed E-state index contributed by atoms with van der Waals surface area (Å²) >= 11 is 4.38. The normalized spacial score (nSPS) is 14.4. The van der Waals surface area contributed by atoms with Gasteiger partial charge in [0.1, 0.15) is 27.5 Å². The highest BCUT2D eigenvalue weighted by Gasteiger charge is 2.27. The summed E-state index contributed by atoms with van der Waals surface area (Å²) in [6.07, 6.45) is 2.10. The molecule has 0 radical (unpaired) electrons. The molecule has 0 N–H and O–H groups in total. The molecule has 0 amide bonds. The Labute approximate surface area is 115 Å². The van der Waals surface area contributed by atoms with Crippen LogP contribution < -0.4 is 0 Å². The molecule has 1 heterocycles. The van der Waals surface area contributed by atoms with Crippen LogP contribution in [0.15, 0.2) is 23.1 Å². The Bertz CT molecular complexity index is 459. The molecule has 1 aromatic heterocycles. The summed E-state index contributed by atoms with van der Waals surface area (Å²) in [4.78, 5) is 0. The molecule has 0 aliphatic heterocycles. The zero-order valence-electron chi connectivity index (χ0n) is 10.6. The summed E-state index contributed by atoms with van der Waals surface area (Å²) in [6.45, 7) is 9.19. The lowest BCUT2D eigenvalue weighted by molar-refractivity contribution is 0.561. The second kappa shape index (κ2) is 6.26. The molecule has 1 unspecified atom stereocenters. The first-order valence-electron chi connectivity index (χ1n) is 5.31.